The van der Waals surface area contributed by atoms with Crippen LogP contribution in [0.1, 0.15) is 40.1 Å². The number of carbonyl (C=O) groups is 1. The highest BCUT2D eigenvalue weighted by molar-refractivity contribution is 7.15. The topological polar surface area (TPSA) is 72.2 Å². The minimum absolute atomic E-state index is 0.188. The third kappa shape index (κ3) is 6.39. The van der Waals surface area contributed by atoms with Gasteiger partial charge in [-0.15, -0.1) is 21.5 Å². The standard InChI is InChI=1S/C17H15ClN4S.C2H3F3.C2H5NO/c1-9-10(2)23-17-15(9)16(12-4-6-13(18)7-5-12)19-8-14-21-20-11(3)22(14)17;1-2(3,4)5;1-3-2-4/h4-7H,8H2,1-3H3;1H3;2H,1H3,(H,3,4). The maximum Gasteiger partial charge on any atom is 0.386 e. The molecule has 2 aromatic heterocycles. The van der Waals surface area contributed by atoms with Gasteiger partial charge in [0.05, 0.1) is 5.71 Å². The Kier molecular flexibility index (Phi) is 8.57. The van der Waals surface area contributed by atoms with E-state index in [1.165, 1.54) is 16.0 Å². The van der Waals surface area contributed by atoms with Crippen LogP contribution in [0.3, 0.4) is 0 Å². The van der Waals surface area contributed by atoms with E-state index in [4.69, 9.17) is 21.4 Å². The van der Waals surface area contributed by atoms with E-state index in [0.29, 0.717) is 13.0 Å². The van der Waals surface area contributed by atoms with Crippen molar-refractivity contribution in [2.24, 2.45) is 4.99 Å². The number of alkyl halides is 3. The number of nitrogens with zero attached hydrogens (tertiary/aromatic N) is 4. The minimum Gasteiger partial charge on any atom is -0.362 e. The Morgan fingerprint density at radius 1 is 1.16 bits per heavy atom. The van der Waals surface area contributed by atoms with Gasteiger partial charge in [-0.1, -0.05) is 23.7 Å². The largest absolute Gasteiger partial charge is 0.386 e. The van der Waals surface area contributed by atoms with E-state index < -0.39 is 6.18 Å². The first kappa shape index (κ1) is 25.5. The Labute approximate surface area is 193 Å². The first-order valence-electron chi connectivity index (χ1n) is 9.47. The Hall–Kier alpha value is -2.72. The fourth-order valence-electron chi connectivity index (χ4n) is 2.89. The Morgan fingerprint density at radius 3 is 2.25 bits per heavy atom. The second kappa shape index (κ2) is 10.7. The van der Waals surface area contributed by atoms with E-state index in [1.54, 1.807) is 18.4 Å². The summed E-state index contributed by atoms with van der Waals surface area (Å²) >= 11 is 7.80. The lowest BCUT2D eigenvalue weighted by molar-refractivity contribution is -0.110. The highest BCUT2D eigenvalue weighted by atomic mass is 35.5. The summed E-state index contributed by atoms with van der Waals surface area (Å²) in [5.41, 5.74) is 4.52. The summed E-state index contributed by atoms with van der Waals surface area (Å²) in [5, 5.41) is 12.6. The third-order valence-electron chi connectivity index (χ3n) is 4.31. The second-order valence-electron chi connectivity index (χ2n) is 6.82. The quantitative estimate of drug-likeness (QED) is 0.508. The molecule has 1 aliphatic heterocycles. The van der Waals surface area contributed by atoms with Crippen LogP contribution in [-0.2, 0) is 11.3 Å². The molecule has 0 saturated carbocycles. The molecule has 1 aromatic carbocycles. The molecule has 0 unspecified atom stereocenters. The molecule has 0 aliphatic carbocycles. The van der Waals surface area contributed by atoms with Gasteiger partial charge in [0.25, 0.3) is 0 Å². The number of benzene rings is 1. The average Bonchev–Trinajstić information content (AvgIpc) is 3.16. The van der Waals surface area contributed by atoms with Crippen LogP contribution in [0, 0.1) is 20.8 Å². The van der Waals surface area contributed by atoms with Gasteiger partial charge < -0.3 is 5.32 Å². The fourth-order valence-corrected chi connectivity index (χ4v) is 4.24. The van der Waals surface area contributed by atoms with Crippen LogP contribution in [0.15, 0.2) is 29.3 Å². The fraction of sp³-hybridized carbons (Fsp3) is 0.333. The van der Waals surface area contributed by atoms with Gasteiger partial charge in [0.2, 0.25) is 6.41 Å². The summed E-state index contributed by atoms with van der Waals surface area (Å²) in [6.45, 7) is 7.00. The summed E-state index contributed by atoms with van der Waals surface area (Å²) < 4.78 is 33.2. The zero-order chi connectivity index (χ0) is 24.1. The number of fused-ring (bicyclic) bond motifs is 3. The molecular formula is C21H23ClF3N5OS. The van der Waals surface area contributed by atoms with Gasteiger partial charge in [-0.3, -0.25) is 14.4 Å². The van der Waals surface area contributed by atoms with E-state index in [2.05, 4.69) is 33.9 Å². The van der Waals surface area contributed by atoms with Gasteiger partial charge in [-0.2, -0.15) is 13.2 Å². The highest BCUT2D eigenvalue weighted by Gasteiger charge is 2.26. The summed E-state index contributed by atoms with van der Waals surface area (Å²) in [7, 11) is 1.56. The Balaban J connectivity index is 0.000000346. The maximum absolute atomic E-state index is 10.4. The molecule has 4 rings (SSSR count). The van der Waals surface area contributed by atoms with Crippen LogP contribution in [0.4, 0.5) is 13.2 Å². The SMILES string of the molecule is CC(F)(F)F.CNC=O.Cc1sc2c(c1C)C(c1ccc(Cl)cc1)=NCc1nnc(C)n1-2. The number of halogens is 4. The van der Waals surface area contributed by atoms with E-state index >= 15 is 0 Å². The van der Waals surface area contributed by atoms with Crippen molar-refractivity contribution in [3.05, 3.63) is 62.5 Å². The van der Waals surface area contributed by atoms with Gasteiger partial charge >= 0.3 is 6.18 Å². The zero-order valence-corrected chi connectivity index (χ0v) is 19.8. The van der Waals surface area contributed by atoms with Crippen molar-refractivity contribution < 1.29 is 18.0 Å². The molecule has 32 heavy (non-hydrogen) atoms. The normalized spacial score (nSPS) is 12.1. The summed E-state index contributed by atoms with van der Waals surface area (Å²) in [4.78, 5) is 15.2. The number of hydrogen-bond donors (Lipinski definition) is 1. The van der Waals surface area contributed by atoms with Crippen LogP contribution in [0.5, 0.6) is 0 Å². The summed E-state index contributed by atoms with van der Waals surface area (Å²) in [6, 6.07) is 7.86. The molecular weight excluding hydrogens is 463 g/mol. The van der Waals surface area contributed by atoms with Crippen molar-refractivity contribution in [2.75, 3.05) is 7.05 Å². The Morgan fingerprint density at radius 2 is 1.72 bits per heavy atom. The first-order chi connectivity index (χ1) is 15.0. The number of aryl methyl sites for hydroxylation is 2. The van der Waals surface area contributed by atoms with Crippen molar-refractivity contribution in [3.8, 4) is 5.00 Å². The monoisotopic (exact) mass is 485 g/mol. The smallest absolute Gasteiger partial charge is 0.362 e. The van der Waals surface area contributed by atoms with Crippen molar-refractivity contribution in [2.45, 2.75) is 40.4 Å². The number of carbonyl (C=O) groups excluding carboxylic acids is 1. The van der Waals surface area contributed by atoms with Crippen molar-refractivity contribution >= 4 is 35.1 Å². The molecule has 0 fully saturated rings. The minimum atomic E-state index is -4.00. The molecule has 0 radical (unpaired) electrons. The molecule has 3 aromatic rings. The molecule has 1 amide bonds. The van der Waals surface area contributed by atoms with Gasteiger partial charge in [0.15, 0.2) is 5.82 Å². The molecule has 11 heteroatoms. The number of aromatic nitrogens is 3. The van der Waals surface area contributed by atoms with Crippen LogP contribution < -0.4 is 5.32 Å². The number of nitrogens with one attached hydrogen (secondary N) is 1. The third-order valence-corrected chi connectivity index (χ3v) is 5.76. The highest BCUT2D eigenvalue weighted by Crippen LogP contribution is 2.36. The number of rotatable bonds is 2. The van der Waals surface area contributed by atoms with E-state index in [9.17, 15) is 13.2 Å². The average molecular weight is 486 g/mol. The van der Waals surface area contributed by atoms with E-state index in [-0.39, 0.29) is 6.92 Å². The van der Waals surface area contributed by atoms with Crippen molar-refractivity contribution in [3.63, 3.8) is 0 Å². The van der Waals surface area contributed by atoms with E-state index in [1.807, 2.05) is 31.2 Å². The molecule has 0 saturated heterocycles. The van der Waals surface area contributed by atoms with E-state index in [0.717, 1.165) is 32.9 Å². The molecule has 172 valence electrons. The number of hydrogen-bond acceptors (Lipinski definition) is 5. The molecule has 1 aliphatic rings. The molecule has 0 bridgehead atoms. The Bertz CT molecular complexity index is 1100. The predicted octanol–water partition coefficient (Wildman–Crippen LogP) is 5.19. The second-order valence-corrected chi connectivity index (χ2v) is 8.46. The predicted molar refractivity (Wildman–Crippen MR) is 121 cm³/mol. The number of aliphatic imine (C=N–C) groups is 1. The van der Waals surface area contributed by atoms with Gasteiger partial charge in [-0.05, 0) is 38.5 Å². The maximum atomic E-state index is 10.4. The lowest BCUT2D eigenvalue weighted by Gasteiger charge is -2.09. The molecule has 3 heterocycles. The van der Waals surface area contributed by atoms with Crippen LogP contribution >= 0.6 is 22.9 Å². The molecule has 6 nitrogen and oxygen atoms in total. The summed E-state index contributed by atoms with van der Waals surface area (Å²) in [5.74, 6) is 1.78. The van der Waals surface area contributed by atoms with Crippen LogP contribution in [-0.4, -0.2) is 40.1 Å². The van der Waals surface area contributed by atoms with Crippen molar-refractivity contribution in [1.82, 2.24) is 20.1 Å². The summed E-state index contributed by atoms with van der Waals surface area (Å²) in [6.07, 6.45) is -3.38. The van der Waals surface area contributed by atoms with Gasteiger partial charge in [-0.25, -0.2) is 0 Å². The molecule has 1 N–H and O–H groups in total. The lowest BCUT2D eigenvalue weighted by atomic mass is 10.00. The van der Waals surface area contributed by atoms with Crippen molar-refractivity contribution in [1.29, 1.82) is 0 Å². The van der Waals surface area contributed by atoms with Gasteiger partial charge in [0, 0.05) is 35.0 Å². The van der Waals surface area contributed by atoms with Gasteiger partial charge in [0.1, 0.15) is 17.4 Å². The lowest BCUT2D eigenvalue weighted by Crippen LogP contribution is -2.07. The van der Waals surface area contributed by atoms with Crippen LogP contribution in [0.2, 0.25) is 5.02 Å². The molecule has 0 spiro atoms. The molecule has 0 atom stereocenters. The zero-order valence-electron chi connectivity index (χ0n) is 18.2. The number of amides is 1. The van der Waals surface area contributed by atoms with Crippen LogP contribution in [0.25, 0.3) is 5.00 Å². The first-order valence-corrected chi connectivity index (χ1v) is 10.7. The number of thiophene rings is 1.